The SMILES string of the molecule is CC(=O)Nc1nsc2ccc([N+](=O)[O-])cc12. The number of nitrogens with one attached hydrogen (secondary N) is 1. The summed E-state index contributed by atoms with van der Waals surface area (Å²) < 4.78 is 4.82. The van der Waals surface area contributed by atoms with Crippen molar-refractivity contribution in [1.29, 1.82) is 0 Å². The molecule has 16 heavy (non-hydrogen) atoms. The van der Waals surface area contributed by atoms with Crippen molar-refractivity contribution in [1.82, 2.24) is 4.37 Å². The first-order valence-corrected chi connectivity index (χ1v) is 5.16. The maximum Gasteiger partial charge on any atom is 0.270 e. The van der Waals surface area contributed by atoms with Gasteiger partial charge < -0.3 is 5.32 Å². The molecule has 0 atom stereocenters. The minimum atomic E-state index is -0.478. The number of fused-ring (bicyclic) bond motifs is 1. The van der Waals surface area contributed by atoms with Gasteiger partial charge in [0.2, 0.25) is 5.91 Å². The highest BCUT2D eigenvalue weighted by atomic mass is 32.1. The number of aromatic nitrogens is 1. The minimum absolute atomic E-state index is 0.0145. The molecular formula is C9H7N3O3S. The zero-order valence-electron chi connectivity index (χ0n) is 8.26. The van der Waals surface area contributed by atoms with Gasteiger partial charge in [-0.3, -0.25) is 14.9 Å². The topological polar surface area (TPSA) is 85.1 Å². The Bertz CT molecular complexity index is 578. The van der Waals surface area contributed by atoms with Crippen LogP contribution in [0.2, 0.25) is 0 Å². The number of non-ortho nitro benzene ring substituents is 1. The first-order chi connectivity index (χ1) is 7.58. The molecule has 7 heteroatoms. The second-order valence-electron chi connectivity index (χ2n) is 3.15. The van der Waals surface area contributed by atoms with Crippen molar-refractivity contribution in [3.63, 3.8) is 0 Å². The molecule has 2 aromatic rings. The molecule has 0 radical (unpaired) electrons. The summed E-state index contributed by atoms with van der Waals surface area (Å²) in [6, 6.07) is 4.44. The van der Waals surface area contributed by atoms with Crippen molar-refractivity contribution in [2.24, 2.45) is 0 Å². The number of amides is 1. The van der Waals surface area contributed by atoms with Crippen molar-refractivity contribution in [2.75, 3.05) is 5.32 Å². The summed E-state index contributed by atoms with van der Waals surface area (Å²) in [4.78, 5) is 21.0. The van der Waals surface area contributed by atoms with Gasteiger partial charge >= 0.3 is 0 Å². The molecule has 6 nitrogen and oxygen atoms in total. The first kappa shape index (κ1) is 10.5. The number of anilines is 1. The molecule has 2 rings (SSSR count). The molecule has 1 heterocycles. The van der Waals surface area contributed by atoms with E-state index in [1.54, 1.807) is 6.07 Å². The molecule has 0 spiro atoms. The standard InChI is InChI=1S/C9H7N3O3S/c1-5(13)10-9-7-4-6(12(14)15)2-3-8(7)16-11-9/h2-4H,1H3,(H,10,11,13). The van der Waals surface area contributed by atoms with Crippen molar-refractivity contribution in [3.05, 3.63) is 28.3 Å². The first-order valence-electron chi connectivity index (χ1n) is 4.39. The molecule has 1 aromatic carbocycles. The Kier molecular flexibility index (Phi) is 2.53. The van der Waals surface area contributed by atoms with Crippen LogP contribution >= 0.6 is 11.5 Å². The maximum atomic E-state index is 10.9. The lowest BCUT2D eigenvalue weighted by Gasteiger charge is -1.97. The fourth-order valence-corrected chi connectivity index (χ4v) is 2.01. The van der Waals surface area contributed by atoms with E-state index in [0.29, 0.717) is 11.2 Å². The largest absolute Gasteiger partial charge is 0.310 e. The number of nitrogens with zero attached hydrogens (tertiary/aromatic N) is 2. The van der Waals surface area contributed by atoms with Crippen molar-refractivity contribution < 1.29 is 9.72 Å². The predicted molar refractivity (Wildman–Crippen MR) is 60.6 cm³/mol. The molecule has 0 aliphatic carbocycles. The van der Waals surface area contributed by atoms with Gasteiger partial charge in [0.15, 0.2) is 5.82 Å². The van der Waals surface area contributed by atoms with Gasteiger partial charge in [-0.05, 0) is 17.6 Å². The van der Waals surface area contributed by atoms with Gasteiger partial charge in [-0.1, -0.05) is 0 Å². The molecule has 0 bridgehead atoms. The van der Waals surface area contributed by atoms with Crippen LogP contribution in [0.5, 0.6) is 0 Å². The summed E-state index contributed by atoms with van der Waals surface area (Å²) in [7, 11) is 0. The molecule has 1 aromatic heterocycles. The molecule has 0 fully saturated rings. The number of nitro benzene ring substituents is 1. The van der Waals surface area contributed by atoms with Gasteiger partial charge in [0.25, 0.3) is 5.69 Å². The summed E-state index contributed by atoms with van der Waals surface area (Å²) >= 11 is 1.19. The monoisotopic (exact) mass is 237 g/mol. The summed E-state index contributed by atoms with van der Waals surface area (Å²) in [5, 5.41) is 13.7. The highest BCUT2D eigenvalue weighted by Crippen LogP contribution is 2.29. The van der Waals surface area contributed by atoms with Gasteiger partial charge in [0, 0.05) is 24.4 Å². The van der Waals surface area contributed by atoms with Crippen LogP contribution in [0.15, 0.2) is 18.2 Å². The van der Waals surface area contributed by atoms with Crippen LogP contribution in [0.1, 0.15) is 6.92 Å². The van der Waals surface area contributed by atoms with Crippen LogP contribution in [0.25, 0.3) is 10.1 Å². The Morgan fingerprint density at radius 3 is 2.94 bits per heavy atom. The van der Waals surface area contributed by atoms with Gasteiger partial charge in [-0.25, -0.2) is 0 Å². The van der Waals surface area contributed by atoms with E-state index in [2.05, 4.69) is 9.69 Å². The van der Waals surface area contributed by atoms with Crippen LogP contribution in [0.4, 0.5) is 11.5 Å². The smallest absolute Gasteiger partial charge is 0.270 e. The Morgan fingerprint density at radius 2 is 2.31 bits per heavy atom. The van der Waals surface area contributed by atoms with Crippen molar-refractivity contribution in [2.45, 2.75) is 6.92 Å². The van der Waals surface area contributed by atoms with E-state index < -0.39 is 4.92 Å². The summed E-state index contributed by atoms with van der Waals surface area (Å²) in [6.45, 7) is 1.36. The third kappa shape index (κ3) is 1.84. The Labute approximate surface area is 94.2 Å². The van der Waals surface area contributed by atoms with E-state index in [-0.39, 0.29) is 11.6 Å². The molecule has 0 aliphatic rings. The predicted octanol–water partition coefficient (Wildman–Crippen LogP) is 2.16. The van der Waals surface area contributed by atoms with Crippen molar-refractivity contribution in [3.8, 4) is 0 Å². The van der Waals surface area contributed by atoms with Crippen LogP contribution in [0, 0.1) is 10.1 Å². The third-order valence-electron chi connectivity index (χ3n) is 1.96. The normalized spacial score (nSPS) is 10.3. The molecule has 0 saturated heterocycles. The van der Waals surface area contributed by atoms with Crippen LogP contribution < -0.4 is 5.32 Å². The molecule has 0 saturated carbocycles. The molecule has 1 amide bonds. The van der Waals surface area contributed by atoms with Gasteiger partial charge in [0.05, 0.1) is 9.62 Å². The maximum absolute atomic E-state index is 10.9. The fraction of sp³-hybridized carbons (Fsp3) is 0.111. The summed E-state index contributed by atoms with van der Waals surface area (Å²) in [6.07, 6.45) is 0. The average molecular weight is 237 g/mol. The van der Waals surface area contributed by atoms with Crippen LogP contribution in [0.3, 0.4) is 0 Å². The van der Waals surface area contributed by atoms with E-state index in [1.807, 2.05) is 0 Å². The fourth-order valence-electron chi connectivity index (χ4n) is 1.30. The zero-order valence-corrected chi connectivity index (χ0v) is 9.08. The number of carbonyl (C=O) groups is 1. The second-order valence-corrected chi connectivity index (χ2v) is 3.95. The number of carbonyl (C=O) groups excluding carboxylic acids is 1. The van der Waals surface area contributed by atoms with Gasteiger partial charge in [-0.15, -0.1) is 0 Å². The minimum Gasteiger partial charge on any atom is -0.310 e. The lowest BCUT2D eigenvalue weighted by Crippen LogP contribution is -2.05. The Morgan fingerprint density at radius 1 is 1.56 bits per heavy atom. The van der Waals surface area contributed by atoms with E-state index in [1.165, 1.54) is 30.6 Å². The highest BCUT2D eigenvalue weighted by molar-refractivity contribution is 7.13. The molecular weight excluding hydrogens is 230 g/mol. The van der Waals surface area contributed by atoms with E-state index in [9.17, 15) is 14.9 Å². The van der Waals surface area contributed by atoms with Gasteiger partial charge in [-0.2, -0.15) is 4.37 Å². The number of benzene rings is 1. The quantitative estimate of drug-likeness (QED) is 0.640. The summed E-state index contributed by atoms with van der Waals surface area (Å²) in [5.74, 6) is 0.120. The summed E-state index contributed by atoms with van der Waals surface area (Å²) in [5.41, 5.74) is -0.0145. The van der Waals surface area contributed by atoms with Gasteiger partial charge in [0.1, 0.15) is 0 Å². The lowest BCUT2D eigenvalue weighted by molar-refractivity contribution is -0.384. The Balaban J connectivity index is 2.55. The van der Waals surface area contributed by atoms with Crippen molar-refractivity contribution >= 4 is 39.0 Å². The van der Waals surface area contributed by atoms with E-state index >= 15 is 0 Å². The Hall–Kier alpha value is -2.02. The highest BCUT2D eigenvalue weighted by Gasteiger charge is 2.12. The molecule has 82 valence electrons. The number of rotatable bonds is 2. The number of hydrogen-bond donors (Lipinski definition) is 1. The zero-order chi connectivity index (χ0) is 11.7. The average Bonchev–Trinajstić information content (AvgIpc) is 2.60. The van der Waals surface area contributed by atoms with Crippen LogP contribution in [-0.4, -0.2) is 15.2 Å². The number of nitro groups is 1. The molecule has 0 aliphatic heterocycles. The molecule has 0 unspecified atom stereocenters. The number of hydrogen-bond acceptors (Lipinski definition) is 5. The molecule has 1 N–H and O–H groups in total. The second kappa shape index (κ2) is 3.86. The van der Waals surface area contributed by atoms with Crippen LogP contribution in [-0.2, 0) is 4.79 Å². The van der Waals surface area contributed by atoms with E-state index in [4.69, 9.17) is 0 Å². The third-order valence-corrected chi connectivity index (χ3v) is 2.79. The van der Waals surface area contributed by atoms with E-state index in [0.717, 1.165) is 4.70 Å². The lowest BCUT2D eigenvalue weighted by atomic mass is 10.2.